The third-order valence-electron chi connectivity index (χ3n) is 3.54. The van der Waals surface area contributed by atoms with E-state index >= 15 is 0 Å². The van der Waals surface area contributed by atoms with Crippen molar-refractivity contribution in [1.82, 2.24) is 5.32 Å². The molecule has 1 amide bonds. The SMILES string of the molecule is CC(C)(O)C#Cc1ccc(C(=O)NC2COc3ccccc3C2)o1. The topological polar surface area (TPSA) is 71.7 Å². The molecule has 0 saturated heterocycles. The van der Waals surface area contributed by atoms with Crippen LogP contribution in [0.1, 0.15) is 35.7 Å². The van der Waals surface area contributed by atoms with Gasteiger partial charge in [-0.3, -0.25) is 4.79 Å². The molecular weight excluding hydrogens is 306 g/mol. The minimum absolute atomic E-state index is 0.108. The zero-order valence-corrected chi connectivity index (χ0v) is 13.6. The largest absolute Gasteiger partial charge is 0.491 e. The first-order chi connectivity index (χ1) is 11.4. The zero-order valence-electron chi connectivity index (χ0n) is 13.6. The fourth-order valence-corrected chi connectivity index (χ4v) is 2.42. The third-order valence-corrected chi connectivity index (χ3v) is 3.54. The van der Waals surface area contributed by atoms with Crippen LogP contribution < -0.4 is 10.1 Å². The molecule has 2 aromatic rings. The van der Waals surface area contributed by atoms with Crippen LogP contribution in [0.5, 0.6) is 5.75 Å². The molecule has 2 N–H and O–H groups in total. The van der Waals surface area contributed by atoms with Crippen LogP contribution in [0.3, 0.4) is 0 Å². The molecule has 1 aliphatic heterocycles. The van der Waals surface area contributed by atoms with Gasteiger partial charge in [-0.2, -0.15) is 0 Å². The number of fused-ring (bicyclic) bond motifs is 1. The van der Waals surface area contributed by atoms with E-state index in [4.69, 9.17) is 9.15 Å². The van der Waals surface area contributed by atoms with Crippen LogP contribution in [-0.4, -0.2) is 29.3 Å². The molecule has 1 aliphatic rings. The molecule has 5 nitrogen and oxygen atoms in total. The number of ether oxygens (including phenoxy) is 1. The minimum atomic E-state index is -1.11. The Kier molecular flexibility index (Phi) is 4.32. The van der Waals surface area contributed by atoms with Crippen molar-refractivity contribution >= 4 is 5.91 Å². The van der Waals surface area contributed by atoms with E-state index in [1.807, 2.05) is 24.3 Å². The van der Waals surface area contributed by atoms with Crippen molar-refractivity contribution in [2.75, 3.05) is 6.61 Å². The predicted molar refractivity (Wildman–Crippen MR) is 88.8 cm³/mol. The highest BCUT2D eigenvalue weighted by atomic mass is 16.5. The molecule has 24 heavy (non-hydrogen) atoms. The van der Waals surface area contributed by atoms with Crippen molar-refractivity contribution < 1.29 is 19.1 Å². The second-order valence-electron chi connectivity index (χ2n) is 6.27. The van der Waals surface area contributed by atoms with Gasteiger partial charge in [-0.25, -0.2) is 0 Å². The van der Waals surface area contributed by atoms with Gasteiger partial charge in [0.05, 0.1) is 6.04 Å². The Hall–Kier alpha value is -2.71. The average molecular weight is 325 g/mol. The quantitative estimate of drug-likeness (QED) is 0.830. The first-order valence-corrected chi connectivity index (χ1v) is 7.78. The molecule has 0 aliphatic carbocycles. The number of furan rings is 1. The number of benzene rings is 1. The van der Waals surface area contributed by atoms with E-state index in [0.29, 0.717) is 18.8 Å². The van der Waals surface area contributed by atoms with Crippen molar-refractivity contribution in [3.05, 3.63) is 53.5 Å². The fraction of sp³-hybridized carbons (Fsp3) is 0.316. The Morgan fingerprint density at radius 2 is 2.08 bits per heavy atom. The Morgan fingerprint density at radius 3 is 2.88 bits per heavy atom. The third kappa shape index (κ3) is 3.98. The number of hydrogen-bond acceptors (Lipinski definition) is 4. The molecule has 1 atom stereocenters. The molecule has 1 unspecified atom stereocenters. The summed E-state index contributed by atoms with van der Waals surface area (Å²) in [6, 6.07) is 10.9. The van der Waals surface area contributed by atoms with E-state index in [0.717, 1.165) is 11.3 Å². The van der Waals surface area contributed by atoms with Gasteiger partial charge in [0.25, 0.3) is 5.91 Å². The highest BCUT2D eigenvalue weighted by Crippen LogP contribution is 2.24. The summed E-state index contributed by atoms with van der Waals surface area (Å²) in [7, 11) is 0. The molecule has 0 fully saturated rings. The second kappa shape index (κ2) is 6.42. The number of carbonyl (C=O) groups is 1. The van der Waals surface area contributed by atoms with Crippen LogP contribution in [0.15, 0.2) is 40.8 Å². The van der Waals surface area contributed by atoms with Gasteiger partial charge in [0.2, 0.25) is 0 Å². The summed E-state index contributed by atoms with van der Waals surface area (Å²) in [6.45, 7) is 3.59. The molecule has 0 radical (unpaired) electrons. The standard InChI is InChI=1S/C19H19NO4/c1-19(2,22)10-9-15-7-8-17(24-15)18(21)20-14-11-13-5-3-4-6-16(13)23-12-14/h3-8,14,22H,11-12H2,1-2H3,(H,20,21). The maximum absolute atomic E-state index is 12.3. The fourth-order valence-electron chi connectivity index (χ4n) is 2.42. The van der Waals surface area contributed by atoms with Crippen LogP contribution in [0.25, 0.3) is 0 Å². The number of rotatable bonds is 2. The molecule has 5 heteroatoms. The lowest BCUT2D eigenvalue weighted by molar-refractivity contribution is 0.0887. The van der Waals surface area contributed by atoms with Gasteiger partial charge < -0.3 is 19.6 Å². The van der Waals surface area contributed by atoms with E-state index in [-0.39, 0.29) is 17.7 Å². The van der Waals surface area contributed by atoms with Crippen molar-refractivity contribution in [3.8, 4) is 17.6 Å². The maximum Gasteiger partial charge on any atom is 0.287 e. The summed E-state index contributed by atoms with van der Waals surface area (Å²) in [5, 5.41) is 12.5. The van der Waals surface area contributed by atoms with E-state index in [1.54, 1.807) is 26.0 Å². The molecule has 1 aromatic carbocycles. The molecule has 2 heterocycles. The monoisotopic (exact) mass is 325 g/mol. The van der Waals surface area contributed by atoms with Gasteiger partial charge in [0, 0.05) is 0 Å². The number of nitrogens with one attached hydrogen (secondary N) is 1. The van der Waals surface area contributed by atoms with Crippen molar-refractivity contribution in [2.24, 2.45) is 0 Å². The van der Waals surface area contributed by atoms with E-state index < -0.39 is 5.60 Å². The molecule has 3 rings (SSSR count). The van der Waals surface area contributed by atoms with Crippen molar-refractivity contribution in [1.29, 1.82) is 0 Å². The Bertz CT molecular complexity index is 805. The molecule has 0 spiro atoms. The first kappa shape index (κ1) is 16.2. The van der Waals surface area contributed by atoms with Crippen LogP contribution in [0, 0.1) is 11.8 Å². The highest BCUT2D eigenvalue weighted by Gasteiger charge is 2.22. The van der Waals surface area contributed by atoms with E-state index in [1.165, 1.54) is 0 Å². The Labute approximate surface area is 140 Å². The molecule has 1 aromatic heterocycles. The normalized spacial score (nSPS) is 16.4. The van der Waals surface area contributed by atoms with Crippen molar-refractivity contribution in [2.45, 2.75) is 31.9 Å². The number of hydrogen-bond donors (Lipinski definition) is 2. The van der Waals surface area contributed by atoms with Crippen LogP contribution in [0.4, 0.5) is 0 Å². The predicted octanol–water partition coefficient (Wildman–Crippen LogP) is 2.14. The number of carbonyl (C=O) groups excluding carboxylic acids is 1. The van der Waals surface area contributed by atoms with Gasteiger partial charge in [0.15, 0.2) is 11.5 Å². The summed E-state index contributed by atoms with van der Waals surface area (Å²) < 4.78 is 11.1. The zero-order chi connectivity index (χ0) is 17.2. The first-order valence-electron chi connectivity index (χ1n) is 7.78. The van der Waals surface area contributed by atoms with Gasteiger partial charge in [-0.1, -0.05) is 24.1 Å². The van der Waals surface area contributed by atoms with Crippen molar-refractivity contribution in [3.63, 3.8) is 0 Å². The molecule has 0 saturated carbocycles. The van der Waals surface area contributed by atoms with Crippen LogP contribution >= 0.6 is 0 Å². The number of para-hydroxylation sites is 1. The van der Waals surface area contributed by atoms with Gasteiger partial charge >= 0.3 is 0 Å². The summed E-state index contributed by atoms with van der Waals surface area (Å²) in [5.41, 5.74) is -0.0348. The average Bonchev–Trinajstić information content (AvgIpc) is 3.01. The van der Waals surface area contributed by atoms with Gasteiger partial charge in [0.1, 0.15) is 18.0 Å². The van der Waals surface area contributed by atoms with Gasteiger partial charge in [-0.05, 0) is 50.0 Å². The number of amides is 1. The van der Waals surface area contributed by atoms with Crippen LogP contribution in [0.2, 0.25) is 0 Å². The van der Waals surface area contributed by atoms with Crippen LogP contribution in [-0.2, 0) is 6.42 Å². The summed E-state index contributed by atoms with van der Waals surface area (Å²) in [4.78, 5) is 12.3. The molecule has 0 bridgehead atoms. The Balaban J connectivity index is 1.64. The maximum atomic E-state index is 12.3. The summed E-state index contributed by atoms with van der Waals surface area (Å²) in [5.74, 6) is 6.44. The van der Waals surface area contributed by atoms with Gasteiger partial charge in [-0.15, -0.1) is 0 Å². The van der Waals surface area contributed by atoms with E-state index in [9.17, 15) is 9.90 Å². The molecule has 124 valence electrons. The molecular formula is C19H19NO4. The second-order valence-corrected chi connectivity index (χ2v) is 6.27. The Morgan fingerprint density at radius 1 is 1.29 bits per heavy atom. The number of aliphatic hydroxyl groups is 1. The lowest BCUT2D eigenvalue weighted by atomic mass is 10.0. The lowest BCUT2D eigenvalue weighted by Crippen LogP contribution is -2.42. The smallest absolute Gasteiger partial charge is 0.287 e. The summed E-state index contributed by atoms with van der Waals surface area (Å²) in [6.07, 6.45) is 0.716. The minimum Gasteiger partial charge on any atom is -0.491 e. The summed E-state index contributed by atoms with van der Waals surface area (Å²) >= 11 is 0. The highest BCUT2D eigenvalue weighted by molar-refractivity contribution is 5.91. The van der Waals surface area contributed by atoms with E-state index in [2.05, 4.69) is 17.2 Å². The lowest BCUT2D eigenvalue weighted by Gasteiger charge is -2.25.